The lowest BCUT2D eigenvalue weighted by Crippen LogP contribution is -2.06. The van der Waals surface area contributed by atoms with E-state index in [9.17, 15) is 0 Å². The van der Waals surface area contributed by atoms with Crippen molar-refractivity contribution in [2.24, 2.45) is 0 Å². The Morgan fingerprint density at radius 3 is 2.21 bits per heavy atom. The molecule has 0 amide bonds. The van der Waals surface area contributed by atoms with Crippen LogP contribution in [0.25, 0.3) is 49.6 Å². The summed E-state index contributed by atoms with van der Waals surface area (Å²) in [5, 5.41) is 4.79. The highest BCUT2D eigenvalue weighted by Crippen LogP contribution is 2.38. The Morgan fingerprint density at radius 2 is 1.39 bits per heavy atom. The maximum atomic E-state index is 4.68. The third kappa shape index (κ3) is 1.98. The van der Waals surface area contributed by atoms with Gasteiger partial charge in [0.05, 0.1) is 11.0 Å². The maximum Gasteiger partial charge on any atom is 0.238 e. The number of para-hydroxylation sites is 2. The van der Waals surface area contributed by atoms with Gasteiger partial charge in [-0.05, 0) is 32.0 Å². The fraction of sp³-hybridized carbons (Fsp3) is 0.0870. The number of aromatic nitrogens is 5. The summed E-state index contributed by atoms with van der Waals surface area (Å²) in [4.78, 5) is 17.3. The largest absolute Gasteiger partial charge is 0.354 e. The normalized spacial score (nSPS) is 11.9. The van der Waals surface area contributed by atoms with Crippen molar-refractivity contribution in [3.8, 4) is 5.95 Å². The summed E-state index contributed by atoms with van der Waals surface area (Å²) in [5.41, 5.74) is 4.46. The van der Waals surface area contributed by atoms with Gasteiger partial charge in [-0.15, -0.1) is 0 Å². The first-order chi connectivity index (χ1) is 13.7. The van der Waals surface area contributed by atoms with E-state index in [1.807, 2.05) is 13.8 Å². The van der Waals surface area contributed by atoms with Crippen molar-refractivity contribution in [2.45, 2.75) is 13.8 Å². The van der Waals surface area contributed by atoms with Crippen molar-refractivity contribution < 1.29 is 0 Å². The molecule has 3 aromatic heterocycles. The second-order valence-corrected chi connectivity index (χ2v) is 7.14. The minimum Gasteiger partial charge on any atom is -0.354 e. The molecule has 6 aromatic rings. The van der Waals surface area contributed by atoms with E-state index in [-0.39, 0.29) is 0 Å². The molecule has 5 nitrogen and oxygen atoms in total. The number of rotatable bonds is 1. The van der Waals surface area contributed by atoms with Crippen LogP contribution in [0.5, 0.6) is 0 Å². The van der Waals surface area contributed by atoms with Gasteiger partial charge < -0.3 is 4.98 Å². The summed E-state index contributed by atoms with van der Waals surface area (Å²) >= 11 is 0. The summed E-state index contributed by atoms with van der Waals surface area (Å²) in [6.07, 6.45) is 0. The van der Waals surface area contributed by atoms with Crippen molar-refractivity contribution in [1.29, 1.82) is 0 Å². The summed E-state index contributed by atoms with van der Waals surface area (Å²) in [6, 6.07) is 21.2. The van der Waals surface area contributed by atoms with Gasteiger partial charge >= 0.3 is 0 Å². The molecule has 0 saturated carbocycles. The SMILES string of the molecule is Cc1nc(C)nc(-n2c3ccccc3c3ccc4[nH]c5ccccc5c4c32)n1. The van der Waals surface area contributed by atoms with Crippen LogP contribution in [-0.4, -0.2) is 24.5 Å². The Morgan fingerprint density at radius 1 is 0.679 bits per heavy atom. The van der Waals surface area contributed by atoms with Gasteiger partial charge in [0.25, 0.3) is 0 Å². The predicted molar refractivity (Wildman–Crippen MR) is 113 cm³/mol. The Kier molecular flexibility index (Phi) is 2.95. The topological polar surface area (TPSA) is 59.4 Å². The van der Waals surface area contributed by atoms with Gasteiger partial charge in [-0.3, -0.25) is 4.57 Å². The Balaban J connectivity index is 1.93. The molecule has 1 N–H and O–H groups in total. The number of hydrogen-bond donors (Lipinski definition) is 1. The van der Waals surface area contributed by atoms with Gasteiger partial charge in [0.1, 0.15) is 11.6 Å². The van der Waals surface area contributed by atoms with Crippen LogP contribution in [0.3, 0.4) is 0 Å². The van der Waals surface area contributed by atoms with E-state index in [2.05, 4.69) is 85.2 Å². The number of nitrogens with zero attached hydrogens (tertiary/aromatic N) is 4. The zero-order valence-electron chi connectivity index (χ0n) is 15.6. The zero-order chi connectivity index (χ0) is 18.8. The van der Waals surface area contributed by atoms with Crippen molar-refractivity contribution in [2.75, 3.05) is 0 Å². The zero-order valence-corrected chi connectivity index (χ0v) is 15.6. The molecule has 3 aromatic carbocycles. The second-order valence-electron chi connectivity index (χ2n) is 7.14. The number of fused-ring (bicyclic) bond motifs is 7. The molecular formula is C23H17N5. The Labute approximate surface area is 160 Å². The predicted octanol–water partition coefficient (Wildman–Crippen LogP) is 5.22. The monoisotopic (exact) mass is 363 g/mol. The quantitative estimate of drug-likeness (QED) is 0.436. The lowest BCUT2D eigenvalue weighted by Gasteiger charge is -2.08. The van der Waals surface area contributed by atoms with Gasteiger partial charge in [-0.1, -0.05) is 42.5 Å². The van der Waals surface area contributed by atoms with E-state index in [1.165, 1.54) is 21.5 Å². The van der Waals surface area contributed by atoms with Gasteiger partial charge in [-0.2, -0.15) is 9.97 Å². The first kappa shape index (κ1) is 15.3. The van der Waals surface area contributed by atoms with Crippen molar-refractivity contribution in [1.82, 2.24) is 24.5 Å². The van der Waals surface area contributed by atoms with Crippen LogP contribution < -0.4 is 0 Å². The molecule has 28 heavy (non-hydrogen) atoms. The van der Waals surface area contributed by atoms with Gasteiger partial charge in [0.15, 0.2) is 0 Å². The van der Waals surface area contributed by atoms with E-state index in [0.29, 0.717) is 5.95 Å². The molecule has 0 saturated heterocycles. The lowest BCUT2D eigenvalue weighted by molar-refractivity contribution is 0.865. The number of aromatic amines is 1. The van der Waals surface area contributed by atoms with E-state index in [0.717, 1.165) is 33.7 Å². The van der Waals surface area contributed by atoms with Gasteiger partial charge in [0.2, 0.25) is 5.95 Å². The number of H-pyrrole nitrogens is 1. The standard InChI is InChI=1S/C23H17N5/c1-13-24-14(2)26-23(25-13)28-20-10-6-4-7-15(20)16-11-12-19-21(22(16)28)17-8-3-5-9-18(17)27-19/h3-12,27H,1-2H3. The first-order valence-corrected chi connectivity index (χ1v) is 9.33. The minimum absolute atomic E-state index is 0.661. The fourth-order valence-electron chi connectivity index (χ4n) is 4.30. The van der Waals surface area contributed by atoms with Gasteiger partial charge in [0, 0.05) is 32.6 Å². The average molecular weight is 363 g/mol. The molecular weight excluding hydrogens is 346 g/mol. The Hall–Kier alpha value is -3.73. The smallest absolute Gasteiger partial charge is 0.238 e. The molecule has 0 bridgehead atoms. The second kappa shape index (κ2) is 5.39. The molecule has 0 spiro atoms. The van der Waals surface area contributed by atoms with Crippen molar-refractivity contribution >= 4 is 43.6 Å². The van der Waals surface area contributed by atoms with Crippen LogP contribution in [0.15, 0.2) is 60.7 Å². The number of aryl methyl sites for hydroxylation is 2. The summed E-state index contributed by atoms with van der Waals surface area (Å²) < 4.78 is 2.18. The summed E-state index contributed by atoms with van der Waals surface area (Å²) in [6.45, 7) is 3.82. The minimum atomic E-state index is 0.661. The first-order valence-electron chi connectivity index (χ1n) is 9.33. The molecule has 0 atom stereocenters. The summed E-state index contributed by atoms with van der Waals surface area (Å²) in [5.74, 6) is 2.10. The lowest BCUT2D eigenvalue weighted by atomic mass is 10.1. The van der Waals surface area contributed by atoms with Crippen molar-refractivity contribution in [3.63, 3.8) is 0 Å². The van der Waals surface area contributed by atoms with Crippen LogP contribution in [-0.2, 0) is 0 Å². The van der Waals surface area contributed by atoms with Crippen LogP contribution in [0.1, 0.15) is 11.6 Å². The maximum absolute atomic E-state index is 4.68. The van der Waals surface area contributed by atoms with E-state index in [4.69, 9.17) is 0 Å². The van der Waals surface area contributed by atoms with E-state index < -0.39 is 0 Å². The van der Waals surface area contributed by atoms with Crippen LogP contribution in [0.2, 0.25) is 0 Å². The average Bonchev–Trinajstić information content (AvgIpc) is 3.22. The molecule has 3 heterocycles. The molecule has 0 radical (unpaired) electrons. The Bertz CT molecular complexity index is 1520. The van der Waals surface area contributed by atoms with Crippen LogP contribution >= 0.6 is 0 Å². The molecule has 0 aliphatic carbocycles. The molecule has 6 rings (SSSR count). The van der Waals surface area contributed by atoms with Crippen LogP contribution in [0, 0.1) is 13.8 Å². The fourth-order valence-corrected chi connectivity index (χ4v) is 4.30. The molecule has 134 valence electrons. The third-order valence-electron chi connectivity index (χ3n) is 5.35. The van der Waals surface area contributed by atoms with Gasteiger partial charge in [-0.25, -0.2) is 4.98 Å². The number of nitrogens with one attached hydrogen (secondary N) is 1. The molecule has 0 fully saturated rings. The molecule has 5 heteroatoms. The summed E-state index contributed by atoms with van der Waals surface area (Å²) in [7, 11) is 0. The number of hydrogen-bond acceptors (Lipinski definition) is 3. The highest BCUT2D eigenvalue weighted by Gasteiger charge is 2.19. The number of benzene rings is 3. The highest BCUT2D eigenvalue weighted by atomic mass is 15.2. The third-order valence-corrected chi connectivity index (χ3v) is 5.35. The molecule has 0 aliphatic rings. The van der Waals surface area contributed by atoms with Crippen molar-refractivity contribution in [3.05, 3.63) is 72.3 Å². The van der Waals surface area contributed by atoms with E-state index in [1.54, 1.807) is 0 Å². The van der Waals surface area contributed by atoms with Crippen LogP contribution in [0.4, 0.5) is 0 Å². The molecule has 0 aliphatic heterocycles. The molecule has 0 unspecified atom stereocenters. The van der Waals surface area contributed by atoms with E-state index >= 15 is 0 Å². The highest BCUT2D eigenvalue weighted by molar-refractivity contribution is 6.25.